The number of benzene rings is 2. The SMILES string of the molecule is Cc1ccc(CS(=O)(=O)c2cn(CC(=O)Nc3cccc(C)n3)c3ccccc23)cc1. The molecule has 158 valence electrons. The number of aromatic nitrogens is 2. The third kappa shape index (κ3) is 4.67. The molecule has 0 radical (unpaired) electrons. The van der Waals surface area contributed by atoms with Crippen molar-refractivity contribution in [1.29, 1.82) is 0 Å². The van der Waals surface area contributed by atoms with Gasteiger partial charge in [0.15, 0.2) is 9.84 Å². The molecule has 4 rings (SSSR count). The van der Waals surface area contributed by atoms with Crippen LogP contribution in [0.2, 0.25) is 0 Å². The van der Waals surface area contributed by atoms with E-state index in [0.717, 1.165) is 16.8 Å². The number of nitrogens with zero attached hydrogens (tertiary/aromatic N) is 2. The number of fused-ring (bicyclic) bond motifs is 1. The Balaban J connectivity index is 1.64. The minimum atomic E-state index is -3.60. The lowest BCUT2D eigenvalue weighted by Gasteiger charge is -2.07. The molecule has 2 aromatic heterocycles. The number of amides is 1. The van der Waals surface area contributed by atoms with Crippen LogP contribution < -0.4 is 5.32 Å². The highest BCUT2D eigenvalue weighted by Crippen LogP contribution is 2.28. The van der Waals surface area contributed by atoms with Crippen molar-refractivity contribution in [2.24, 2.45) is 0 Å². The number of hydrogen-bond acceptors (Lipinski definition) is 4. The van der Waals surface area contributed by atoms with Crippen LogP contribution in [-0.2, 0) is 26.9 Å². The number of carbonyl (C=O) groups excluding carboxylic acids is 1. The summed E-state index contributed by atoms with van der Waals surface area (Å²) in [5.74, 6) is 0.0933. The molecule has 0 spiro atoms. The first-order valence-corrected chi connectivity index (χ1v) is 11.6. The van der Waals surface area contributed by atoms with E-state index in [1.165, 1.54) is 0 Å². The second-order valence-corrected chi connectivity index (χ2v) is 9.55. The predicted molar refractivity (Wildman–Crippen MR) is 122 cm³/mol. The summed E-state index contributed by atoms with van der Waals surface area (Å²) >= 11 is 0. The molecule has 4 aromatic rings. The zero-order valence-electron chi connectivity index (χ0n) is 17.4. The topological polar surface area (TPSA) is 81.1 Å². The molecule has 0 aliphatic carbocycles. The van der Waals surface area contributed by atoms with Gasteiger partial charge in [0.25, 0.3) is 0 Å². The summed E-state index contributed by atoms with van der Waals surface area (Å²) in [7, 11) is -3.60. The molecule has 0 fully saturated rings. The average Bonchev–Trinajstić information content (AvgIpc) is 3.09. The fraction of sp³-hybridized carbons (Fsp3) is 0.167. The summed E-state index contributed by atoms with van der Waals surface area (Å²) in [4.78, 5) is 17.1. The van der Waals surface area contributed by atoms with E-state index in [0.29, 0.717) is 16.7 Å². The van der Waals surface area contributed by atoms with Gasteiger partial charge in [0.05, 0.1) is 10.6 Å². The van der Waals surface area contributed by atoms with Crippen LogP contribution in [0, 0.1) is 13.8 Å². The number of hydrogen-bond donors (Lipinski definition) is 1. The van der Waals surface area contributed by atoms with Crippen molar-refractivity contribution >= 4 is 32.5 Å². The lowest BCUT2D eigenvalue weighted by Crippen LogP contribution is -2.19. The first-order chi connectivity index (χ1) is 14.8. The molecule has 1 amide bonds. The fourth-order valence-corrected chi connectivity index (χ4v) is 5.11. The number of pyridine rings is 1. The highest BCUT2D eigenvalue weighted by Gasteiger charge is 2.22. The van der Waals surface area contributed by atoms with Crippen LogP contribution in [0.15, 0.2) is 77.8 Å². The van der Waals surface area contributed by atoms with Crippen LogP contribution in [0.1, 0.15) is 16.8 Å². The van der Waals surface area contributed by atoms with E-state index >= 15 is 0 Å². The molecule has 2 heterocycles. The first kappa shape index (κ1) is 20.8. The number of anilines is 1. The second-order valence-electron chi connectivity index (χ2n) is 7.60. The Morgan fingerprint density at radius 3 is 2.45 bits per heavy atom. The van der Waals surface area contributed by atoms with Gasteiger partial charge in [0.1, 0.15) is 12.4 Å². The average molecular weight is 434 g/mol. The van der Waals surface area contributed by atoms with Gasteiger partial charge in [-0.1, -0.05) is 54.1 Å². The number of sulfone groups is 1. The zero-order chi connectivity index (χ0) is 22.0. The minimum Gasteiger partial charge on any atom is -0.337 e. The Kier molecular flexibility index (Phi) is 5.61. The third-order valence-corrected chi connectivity index (χ3v) is 6.74. The molecule has 0 unspecified atom stereocenters. The van der Waals surface area contributed by atoms with Crippen molar-refractivity contribution in [1.82, 2.24) is 9.55 Å². The molecule has 0 saturated heterocycles. The summed E-state index contributed by atoms with van der Waals surface area (Å²) < 4.78 is 28.1. The molecule has 0 aliphatic rings. The third-order valence-electron chi connectivity index (χ3n) is 5.03. The quantitative estimate of drug-likeness (QED) is 0.492. The fourth-order valence-electron chi connectivity index (χ4n) is 3.52. The van der Waals surface area contributed by atoms with Crippen molar-refractivity contribution in [2.45, 2.75) is 31.0 Å². The molecule has 0 bridgehead atoms. The van der Waals surface area contributed by atoms with Gasteiger partial charge in [0.2, 0.25) is 5.91 Å². The summed E-state index contributed by atoms with van der Waals surface area (Å²) in [6.07, 6.45) is 1.55. The second kappa shape index (κ2) is 8.35. The normalized spacial score (nSPS) is 11.5. The molecule has 0 atom stereocenters. The molecule has 7 heteroatoms. The highest BCUT2D eigenvalue weighted by atomic mass is 32.2. The number of rotatable bonds is 6. The van der Waals surface area contributed by atoms with E-state index in [9.17, 15) is 13.2 Å². The van der Waals surface area contributed by atoms with E-state index in [-0.39, 0.29) is 23.1 Å². The van der Waals surface area contributed by atoms with E-state index in [2.05, 4.69) is 10.3 Å². The Bertz CT molecular complexity index is 1360. The van der Waals surface area contributed by atoms with E-state index < -0.39 is 9.84 Å². The van der Waals surface area contributed by atoms with Crippen molar-refractivity contribution < 1.29 is 13.2 Å². The first-order valence-electron chi connectivity index (χ1n) is 9.91. The monoisotopic (exact) mass is 433 g/mol. The Morgan fingerprint density at radius 2 is 1.71 bits per heavy atom. The van der Waals surface area contributed by atoms with Crippen LogP contribution in [0.3, 0.4) is 0 Å². The molecule has 6 nitrogen and oxygen atoms in total. The Morgan fingerprint density at radius 1 is 0.968 bits per heavy atom. The molecular weight excluding hydrogens is 410 g/mol. The lowest BCUT2D eigenvalue weighted by atomic mass is 10.2. The van der Waals surface area contributed by atoms with Crippen LogP contribution >= 0.6 is 0 Å². The minimum absolute atomic E-state index is 0.0177. The van der Waals surface area contributed by atoms with E-state index in [1.54, 1.807) is 29.0 Å². The smallest absolute Gasteiger partial charge is 0.245 e. The lowest BCUT2D eigenvalue weighted by molar-refractivity contribution is -0.116. The maximum atomic E-state index is 13.2. The molecular formula is C24H23N3O3S. The van der Waals surface area contributed by atoms with Gasteiger partial charge >= 0.3 is 0 Å². The van der Waals surface area contributed by atoms with Crippen molar-refractivity contribution in [3.05, 3.63) is 89.7 Å². The number of carbonyl (C=O) groups is 1. The molecule has 2 aromatic carbocycles. The van der Waals surface area contributed by atoms with E-state index in [1.807, 2.05) is 62.4 Å². The molecule has 1 N–H and O–H groups in total. The molecule has 0 saturated carbocycles. The summed E-state index contributed by atoms with van der Waals surface area (Å²) in [6, 6.07) is 20.1. The summed E-state index contributed by atoms with van der Waals surface area (Å²) in [6.45, 7) is 3.79. The van der Waals surface area contributed by atoms with Gasteiger partial charge in [-0.2, -0.15) is 0 Å². The van der Waals surface area contributed by atoms with E-state index in [4.69, 9.17) is 0 Å². The maximum Gasteiger partial charge on any atom is 0.245 e. The van der Waals surface area contributed by atoms with Gasteiger partial charge < -0.3 is 9.88 Å². The standard InChI is InChI=1S/C24H23N3O3S/c1-17-10-12-19(13-11-17)16-31(29,30)22-14-27(21-8-4-3-7-20(21)22)15-24(28)26-23-9-5-6-18(2)25-23/h3-14H,15-16H2,1-2H3,(H,25,26,28). The maximum absolute atomic E-state index is 13.2. The molecule has 31 heavy (non-hydrogen) atoms. The van der Waals surface area contributed by atoms with Gasteiger partial charge in [-0.05, 0) is 37.6 Å². The van der Waals surface area contributed by atoms with Gasteiger partial charge in [-0.25, -0.2) is 13.4 Å². The molecule has 0 aliphatic heterocycles. The number of nitrogens with one attached hydrogen (secondary N) is 1. The largest absolute Gasteiger partial charge is 0.337 e. The summed E-state index contributed by atoms with van der Waals surface area (Å²) in [5, 5.41) is 3.38. The number of aryl methyl sites for hydroxylation is 2. The van der Waals surface area contributed by atoms with Gasteiger partial charge in [0, 0.05) is 22.8 Å². The predicted octanol–water partition coefficient (Wildman–Crippen LogP) is 4.27. The van der Waals surface area contributed by atoms with Gasteiger partial charge in [-0.3, -0.25) is 4.79 Å². The van der Waals surface area contributed by atoms with Crippen LogP contribution in [0.25, 0.3) is 10.9 Å². The summed E-state index contributed by atoms with van der Waals surface area (Å²) in [5.41, 5.74) is 3.29. The zero-order valence-corrected chi connectivity index (χ0v) is 18.2. The van der Waals surface area contributed by atoms with Crippen molar-refractivity contribution in [3.8, 4) is 0 Å². The van der Waals surface area contributed by atoms with Crippen molar-refractivity contribution in [2.75, 3.05) is 5.32 Å². The Hall–Kier alpha value is -3.45. The van der Waals surface area contributed by atoms with Crippen molar-refractivity contribution in [3.63, 3.8) is 0 Å². The number of para-hydroxylation sites is 1. The van der Waals surface area contributed by atoms with Crippen LogP contribution in [0.4, 0.5) is 5.82 Å². The Labute approximate surface area is 181 Å². The highest BCUT2D eigenvalue weighted by molar-refractivity contribution is 7.90. The van der Waals surface area contributed by atoms with Crippen LogP contribution in [-0.4, -0.2) is 23.9 Å². The van der Waals surface area contributed by atoms with Crippen LogP contribution in [0.5, 0.6) is 0 Å². The van der Waals surface area contributed by atoms with Gasteiger partial charge in [-0.15, -0.1) is 0 Å².